The van der Waals surface area contributed by atoms with Crippen molar-refractivity contribution in [3.8, 4) is 0 Å². The molecule has 1 aliphatic rings. The van der Waals surface area contributed by atoms with Crippen LogP contribution in [0.1, 0.15) is 19.8 Å². The molecule has 0 aromatic heterocycles. The van der Waals surface area contributed by atoms with Crippen LogP contribution in [-0.4, -0.2) is 6.10 Å². The van der Waals surface area contributed by atoms with Crippen LogP contribution in [0.2, 0.25) is 0 Å². The first-order valence-corrected chi connectivity index (χ1v) is 3.15. The highest BCUT2D eigenvalue weighted by Crippen LogP contribution is 2.30. The smallest absolute Gasteiger partial charge is 0.0616 e. The molecule has 0 radical (unpaired) electrons. The van der Waals surface area contributed by atoms with Gasteiger partial charge >= 0.3 is 0 Å². The van der Waals surface area contributed by atoms with Crippen molar-refractivity contribution >= 4 is 9.47 Å². The van der Waals surface area contributed by atoms with Crippen LogP contribution >= 0.6 is 9.47 Å². The molecule has 0 aromatic carbocycles. The summed E-state index contributed by atoms with van der Waals surface area (Å²) in [5, 5.41) is 0. The van der Waals surface area contributed by atoms with E-state index in [1.165, 1.54) is 12.8 Å². The van der Waals surface area contributed by atoms with E-state index in [0.29, 0.717) is 6.10 Å². The predicted octanol–water partition coefficient (Wildman–Crippen LogP) is 1.59. The molecule has 1 nitrogen and oxygen atoms in total. The van der Waals surface area contributed by atoms with E-state index in [1.54, 1.807) is 0 Å². The second-order valence-electron chi connectivity index (χ2n) is 2.33. The molecule has 1 rings (SSSR count). The van der Waals surface area contributed by atoms with Crippen LogP contribution < -0.4 is 0 Å². The third kappa shape index (κ3) is 1.14. The fraction of sp³-hybridized carbons (Fsp3) is 1.00. The summed E-state index contributed by atoms with van der Waals surface area (Å²) in [6, 6.07) is 0. The van der Waals surface area contributed by atoms with E-state index in [0.717, 1.165) is 5.92 Å². The molecule has 1 aliphatic carbocycles. The molecule has 0 amide bonds. The third-order valence-electron chi connectivity index (χ3n) is 1.52. The van der Waals surface area contributed by atoms with Crippen LogP contribution in [0.25, 0.3) is 0 Å². The Morgan fingerprint density at radius 1 is 1.57 bits per heavy atom. The largest absolute Gasteiger partial charge is 0.362 e. The summed E-state index contributed by atoms with van der Waals surface area (Å²) in [5.41, 5.74) is 0. The highest BCUT2D eigenvalue weighted by atomic mass is 31.0. The SMILES string of the molecule is CC1CC(OP)C1. The number of rotatable bonds is 1. The lowest BCUT2D eigenvalue weighted by Gasteiger charge is -2.30. The van der Waals surface area contributed by atoms with E-state index >= 15 is 0 Å². The zero-order valence-electron chi connectivity index (χ0n) is 4.55. The number of hydrogen-bond donors (Lipinski definition) is 0. The van der Waals surface area contributed by atoms with Gasteiger partial charge in [-0.1, -0.05) is 6.92 Å². The molecule has 1 fully saturated rings. The van der Waals surface area contributed by atoms with Crippen LogP contribution in [-0.2, 0) is 4.52 Å². The van der Waals surface area contributed by atoms with Crippen LogP contribution in [0.5, 0.6) is 0 Å². The Labute approximate surface area is 46.7 Å². The molecule has 2 heteroatoms. The van der Waals surface area contributed by atoms with E-state index < -0.39 is 0 Å². The molecule has 0 N–H and O–H groups in total. The molecule has 0 spiro atoms. The molecule has 0 heterocycles. The molecular weight excluding hydrogens is 107 g/mol. The van der Waals surface area contributed by atoms with E-state index in [2.05, 4.69) is 16.4 Å². The van der Waals surface area contributed by atoms with Crippen LogP contribution in [0.4, 0.5) is 0 Å². The average Bonchev–Trinajstić information content (AvgIpc) is 1.58. The minimum atomic E-state index is 0.556. The summed E-state index contributed by atoms with van der Waals surface area (Å²) in [5.74, 6) is 0.908. The Hall–Kier alpha value is 0.390. The van der Waals surface area contributed by atoms with Gasteiger partial charge in [0.2, 0.25) is 0 Å². The number of hydrogen-bond acceptors (Lipinski definition) is 1. The minimum absolute atomic E-state index is 0.556. The van der Waals surface area contributed by atoms with Crippen molar-refractivity contribution in [3.63, 3.8) is 0 Å². The van der Waals surface area contributed by atoms with Crippen molar-refractivity contribution in [1.82, 2.24) is 0 Å². The van der Waals surface area contributed by atoms with Crippen molar-refractivity contribution in [1.29, 1.82) is 0 Å². The quantitative estimate of drug-likeness (QED) is 0.475. The van der Waals surface area contributed by atoms with Crippen LogP contribution in [0, 0.1) is 5.92 Å². The molecule has 42 valence electrons. The summed E-state index contributed by atoms with van der Waals surface area (Å²) >= 11 is 0. The monoisotopic (exact) mass is 118 g/mol. The lowest BCUT2D eigenvalue weighted by Crippen LogP contribution is -2.26. The maximum atomic E-state index is 4.97. The molecule has 7 heavy (non-hydrogen) atoms. The minimum Gasteiger partial charge on any atom is -0.362 e. The van der Waals surface area contributed by atoms with Gasteiger partial charge in [-0.2, -0.15) is 0 Å². The Morgan fingerprint density at radius 2 is 2.14 bits per heavy atom. The maximum Gasteiger partial charge on any atom is 0.0616 e. The third-order valence-corrected chi connectivity index (χ3v) is 1.91. The van der Waals surface area contributed by atoms with Gasteiger partial charge in [-0.05, 0) is 18.8 Å². The maximum absolute atomic E-state index is 4.97. The molecule has 1 unspecified atom stereocenters. The fourth-order valence-corrected chi connectivity index (χ4v) is 1.16. The Morgan fingerprint density at radius 3 is 2.29 bits per heavy atom. The van der Waals surface area contributed by atoms with Crippen LogP contribution in [0.3, 0.4) is 0 Å². The van der Waals surface area contributed by atoms with E-state index in [9.17, 15) is 0 Å². The van der Waals surface area contributed by atoms with Crippen molar-refractivity contribution in [2.24, 2.45) is 5.92 Å². The molecule has 1 saturated carbocycles. The van der Waals surface area contributed by atoms with Gasteiger partial charge in [0.15, 0.2) is 0 Å². The summed E-state index contributed by atoms with van der Waals surface area (Å²) in [6.45, 7) is 2.25. The van der Waals surface area contributed by atoms with Crippen molar-refractivity contribution < 1.29 is 4.52 Å². The van der Waals surface area contributed by atoms with Gasteiger partial charge < -0.3 is 4.52 Å². The van der Waals surface area contributed by atoms with Gasteiger partial charge in [0, 0.05) is 9.47 Å². The first kappa shape index (κ1) is 5.53. The first-order chi connectivity index (χ1) is 3.33. The Balaban J connectivity index is 2.06. The summed E-state index contributed by atoms with van der Waals surface area (Å²) < 4.78 is 4.97. The molecule has 0 saturated heterocycles. The second-order valence-corrected chi connectivity index (χ2v) is 2.61. The van der Waals surface area contributed by atoms with Crippen molar-refractivity contribution in [3.05, 3.63) is 0 Å². The topological polar surface area (TPSA) is 9.23 Å². The zero-order chi connectivity index (χ0) is 5.28. The average molecular weight is 118 g/mol. The normalized spacial score (nSPS) is 40.3. The van der Waals surface area contributed by atoms with Gasteiger partial charge in [0.05, 0.1) is 6.10 Å². The molecule has 1 atom stereocenters. The highest BCUT2D eigenvalue weighted by molar-refractivity contribution is 7.09. The van der Waals surface area contributed by atoms with Crippen molar-refractivity contribution in [2.75, 3.05) is 0 Å². The van der Waals surface area contributed by atoms with Gasteiger partial charge in [-0.3, -0.25) is 0 Å². The summed E-state index contributed by atoms with van der Waals surface area (Å²) in [6.07, 6.45) is 3.06. The zero-order valence-corrected chi connectivity index (χ0v) is 5.71. The summed E-state index contributed by atoms with van der Waals surface area (Å²) in [7, 11) is 2.31. The van der Waals surface area contributed by atoms with E-state index in [-0.39, 0.29) is 0 Å². The second kappa shape index (κ2) is 2.11. The molecule has 0 bridgehead atoms. The first-order valence-electron chi connectivity index (χ1n) is 2.68. The lowest BCUT2D eigenvalue weighted by atomic mass is 9.84. The van der Waals surface area contributed by atoms with Gasteiger partial charge in [-0.25, -0.2) is 0 Å². The Kier molecular flexibility index (Phi) is 1.66. The van der Waals surface area contributed by atoms with Crippen LogP contribution in [0.15, 0.2) is 0 Å². The Bertz CT molecular complexity index is 59.1. The predicted molar refractivity (Wildman–Crippen MR) is 33.0 cm³/mol. The lowest BCUT2D eigenvalue weighted by molar-refractivity contribution is 0.0934. The molecule has 0 aromatic rings. The van der Waals surface area contributed by atoms with Gasteiger partial charge in [0.25, 0.3) is 0 Å². The van der Waals surface area contributed by atoms with Crippen molar-refractivity contribution in [2.45, 2.75) is 25.9 Å². The highest BCUT2D eigenvalue weighted by Gasteiger charge is 2.24. The standard InChI is InChI=1S/C5H11OP/c1-4-2-5(3-4)6-7/h4-5H,2-3,7H2,1H3. The van der Waals surface area contributed by atoms with Gasteiger partial charge in [0.1, 0.15) is 0 Å². The molecular formula is C5H11OP. The summed E-state index contributed by atoms with van der Waals surface area (Å²) in [4.78, 5) is 0. The van der Waals surface area contributed by atoms with E-state index in [4.69, 9.17) is 4.52 Å². The molecule has 0 aliphatic heterocycles. The fourth-order valence-electron chi connectivity index (χ4n) is 0.940. The van der Waals surface area contributed by atoms with Gasteiger partial charge in [-0.15, -0.1) is 0 Å². The van der Waals surface area contributed by atoms with E-state index in [1.807, 2.05) is 0 Å².